The molecule has 0 amide bonds. The van der Waals surface area contributed by atoms with Crippen LogP contribution in [0.15, 0.2) is 10.5 Å². The fourth-order valence-corrected chi connectivity index (χ4v) is 2.91. The van der Waals surface area contributed by atoms with E-state index in [1.54, 1.807) is 0 Å². The van der Waals surface area contributed by atoms with Gasteiger partial charge >= 0.3 is 7.12 Å². The first-order valence-corrected chi connectivity index (χ1v) is 6.17. The lowest BCUT2D eigenvalue weighted by Crippen LogP contribution is -2.32. The van der Waals surface area contributed by atoms with Gasteiger partial charge in [-0.25, -0.2) is 0 Å². The van der Waals surface area contributed by atoms with Gasteiger partial charge in [0.05, 0.1) is 6.10 Å². The molecule has 98 valence electrons. The molecule has 2 aliphatic rings. The van der Waals surface area contributed by atoms with Crippen LogP contribution >= 0.6 is 28.3 Å². The van der Waals surface area contributed by atoms with E-state index in [0.29, 0.717) is 36.7 Å². The average Bonchev–Trinajstić information content (AvgIpc) is 2.68. The van der Waals surface area contributed by atoms with Gasteiger partial charge in [0.2, 0.25) is 0 Å². The summed E-state index contributed by atoms with van der Waals surface area (Å²) in [4.78, 5) is 0. The number of nitrogens with two attached hydrogens (primary N) is 1. The van der Waals surface area contributed by atoms with Crippen molar-refractivity contribution in [1.82, 2.24) is 0 Å². The van der Waals surface area contributed by atoms with Crippen LogP contribution in [-0.4, -0.2) is 31.9 Å². The van der Waals surface area contributed by atoms with E-state index in [-0.39, 0.29) is 18.5 Å². The largest absolute Gasteiger partial charge is 0.496 e. The predicted molar refractivity (Wildman–Crippen MR) is 72.9 cm³/mol. The lowest BCUT2D eigenvalue weighted by Gasteiger charge is -2.22. The lowest BCUT2D eigenvalue weighted by atomic mass is 9.78. The highest BCUT2D eigenvalue weighted by Crippen LogP contribution is 2.40. The van der Waals surface area contributed by atoms with Gasteiger partial charge in [0.25, 0.3) is 0 Å². The molecule has 0 aromatic heterocycles. The minimum atomic E-state index is -1.01. The number of fused-ring (bicyclic) bond motifs is 3. The van der Waals surface area contributed by atoms with Crippen LogP contribution in [0, 0.1) is 0 Å². The van der Waals surface area contributed by atoms with Crippen molar-refractivity contribution in [2.75, 3.05) is 19.8 Å². The van der Waals surface area contributed by atoms with E-state index < -0.39 is 7.12 Å². The van der Waals surface area contributed by atoms with Crippen molar-refractivity contribution in [2.45, 2.75) is 6.10 Å². The van der Waals surface area contributed by atoms with Gasteiger partial charge in [0.1, 0.15) is 13.2 Å². The fourth-order valence-electron chi connectivity index (χ4n) is 2.23. The third kappa shape index (κ3) is 2.00. The first-order valence-electron chi connectivity index (χ1n) is 5.38. The number of hydrogen-bond acceptors (Lipinski definition) is 5. The molecule has 1 aromatic rings. The molecule has 0 spiro atoms. The van der Waals surface area contributed by atoms with Gasteiger partial charge in [0, 0.05) is 16.5 Å². The molecule has 1 aromatic carbocycles. The van der Waals surface area contributed by atoms with Crippen molar-refractivity contribution in [3.05, 3.63) is 16.1 Å². The van der Waals surface area contributed by atoms with E-state index >= 15 is 0 Å². The maximum absolute atomic E-state index is 9.93. The Morgan fingerprint density at radius 1 is 1.44 bits per heavy atom. The Kier molecular flexibility index (Phi) is 4.08. The van der Waals surface area contributed by atoms with Gasteiger partial charge in [-0.1, -0.05) is 15.9 Å². The highest BCUT2D eigenvalue weighted by molar-refractivity contribution is 9.10. The van der Waals surface area contributed by atoms with Crippen molar-refractivity contribution in [2.24, 2.45) is 5.73 Å². The first kappa shape index (κ1) is 14.0. The average molecular weight is 336 g/mol. The second-order valence-corrected chi connectivity index (χ2v) is 4.78. The molecule has 0 saturated carbocycles. The predicted octanol–water partition coefficient (Wildman–Crippen LogP) is 0.360. The number of ether oxygens (including phenoxy) is 2. The van der Waals surface area contributed by atoms with E-state index in [0.717, 1.165) is 10.0 Å². The molecule has 0 bridgehead atoms. The maximum atomic E-state index is 9.93. The molecule has 2 heterocycles. The van der Waals surface area contributed by atoms with Crippen LogP contribution in [0.25, 0.3) is 0 Å². The molecule has 0 aliphatic carbocycles. The second-order valence-electron chi connectivity index (χ2n) is 3.92. The topological polar surface area (TPSA) is 73.9 Å². The SMILES string of the molecule is Cl.NC[C@@H]1OB(O)c2c3c(cc(Br)c21)OCCO3. The Morgan fingerprint density at radius 3 is 2.89 bits per heavy atom. The molecule has 0 saturated heterocycles. The Morgan fingerprint density at radius 2 is 2.17 bits per heavy atom. The minimum Gasteiger partial charge on any atom is -0.486 e. The molecule has 2 aliphatic heterocycles. The van der Waals surface area contributed by atoms with Gasteiger partial charge in [-0.3, -0.25) is 0 Å². The van der Waals surface area contributed by atoms with Crippen LogP contribution in [0.5, 0.6) is 11.5 Å². The van der Waals surface area contributed by atoms with Crippen LogP contribution in [0.4, 0.5) is 0 Å². The summed E-state index contributed by atoms with van der Waals surface area (Å²) in [5.74, 6) is 1.19. The smallest absolute Gasteiger partial charge is 0.486 e. The summed E-state index contributed by atoms with van der Waals surface area (Å²) in [7, 11) is -1.01. The first-order chi connectivity index (χ1) is 8.22. The lowest BCUT2D eigenvalue weighted by molar-refractivity contribution is 0.172. The van der Waals surface area contributed by atoms with Gasteiger partial charge in [-0.05, 0) is 11.6 Å². The van der Waals surface area contributed by atoms with Crippen LogP contribution in [0.3, 0.4) is 0 Å². The zero-order valence-electron chi connectivity index (χ0n) is 9.39. The molecule has 3 N–H and O–H groups in total. The van der Waals surface area contributed by atoms with Crippen molar-refractivity contribution in [1.29, 1.82) is 0 Å². The summed E-state index contributed by atoms with van der Waals surface area (Å²) in [5, 5.41) is 9.93. The third-order valence-electron chi connectivity index (χ3n) is 2.94. The Labute approximate surface area is 119 Å². The van der Waals surface area contributed by atoms with E-state index in [4.69, 9.17) is 19.9 Å². The van der Waals surface area contributed by atoms with Crippen molar-refractivity contribution >= 4 is 40.9 Å². The normalized spacial score (nSPS) is 20.4. The monoisotopic (exact) mass is 335 g/mol. The molecule has 0 unspecified atom stereocenters. The Bertz CT molecular complexity index is 476. The molecule has 8 heteroatoms. The second kappa shape index (κ2) is 5.26. The van der Waals surface area contributed by atoms with E-state index in [1.165, 1.54) is 0 Å². The van der Waals surface area contributed by atoms with E-state index in [2.05, 4.69) is 15.9 Å². The van der Waals surface area contributed by atoms with E-state index in [1.807, 2.05) is 6.07 Å². The molecule has 1 atom stereocenters. The number of halogens is 2. The highest BCUT2D eigenvalue weighted by atomic mass is 79.9. The fraction of sp³-hybridized carbons (Fsp3) is 0.400. The summed E-state index contributed by atoms with van der Waals surface area (Å²) in [6.07, 6.45) is -0.315. The summed E-state index contributed by atoms with van der Waals surface area (Å²) in [5.41, 5.74) is 7.11. The quantitative estimate of drug-likeness (QED) is 0.725. The summed E-state index contributed by atoms with van der Waals surface area (Å²) < 4.78 is 17.3. The molecular formula is C10H12BBrClNO4. The van der Waals surface area contributed by atoms with Crippen molar-refractivity contribution < 1.29 is 19.2 Å². The summed E-state index contributed by atoms with van der Waals surface area (Å²) in [6, 6.07) is 1.83. The maximum Gasteiger partial charge on any atom is 0.496 e. The van der Waals surface area contributed by atoms with Crippen LogP contribution in [-0.2, 0) is 4.65 Å². The van der Waals surface area contributed by atoms with Crippen LogP contribution in [0.1, 0.15) is 11.7 Å². The molecule has 5 nitrogen and oxygen atoms in total. The Hall–Kier alpha value is -0.465. The number of rotatable bonds is 1. The minimum absolute atomic E-state index is 0. The van der Waals surface area contributed by atoms with Gasteiger partial charge in [-0.2, -0.15) is 0 Å². The number of hydrogen-bond donors (Lipinski definition) is 2. The van der Waals surface area contributed by atoms with E-state index in [9.17, 15) is 5.02 Å². The van der Waals surface area contributed by atoms with Crippen LogP contribution in [0.2, 0.25) is 0 Å². The van der Waals surface area contributed by atoms with Gasteiger partial charge in [0.15, 0.2) is 11.5 Å². The van der Waals surface area contributed by atoms with Crippen LogP contribution < -0.4 is 20.7 Å². The third-order valence-corrected chi connectivity index (χ3v) is 3.59. The zero-order valence-corrected chi connectivity index (χ0v) is 11.8. The van der Waals surface area contributed by atoms with Crippen molar-refractivity contribution in [3.63, 3.8) is 0 Å². The Balaban J connectivity index is 0.00000120. The van der Waals surface area contributed by atoms with Crippen molar-refractivity contribution in [3.8, 4) is 11.5 Å². The standard InChI is InChI=1S/C10H11BBrNO4.ClH/c12-5-3-6-10(16-2-1-15-6)9-8(5)7(4-13)17-11(9)14;/h3,7,14H,1-2,4,13H2;1H/t7-;/m0./s1. The van der Waals surface area contributed by atoms with Gasteiger partial charge in [-0.15, -0.1) is 12.4 Å². The zero-order chi connectivity index (χ0) is 12.0. The molecular weight excluding hydrogens is 324 g/mol. The molecule has 0 radical (unpaired) electrons. The molecule has 18 heavy (non-hydrogen) atoms. The highest BCUT2D eigenvalue weighted by Gasteiger charge is 2.41. The summed E-state index contributed by atoms with van der Waals surface area (Å²) >= 11 is 3.45. The molecule has 0 fully saturated rings. The summed E-state index contributed by atoms with van der Waals surface area (Å²) in [6.45, 7) is 1.29. The molecule has 3 rings (SSSR count). The van der Waals surface area contributed by atoms with Gasteiger partial charge < -0.3 is 24.9 Å². The number of benzene rings is 1.